The van der Waals surface area contributed by atoms with Crippen LogP contribution < -0.4 is 11.1 Å². The van der Waals surface area contributed by atoms with E-state index in [2.05, 4.69) is 5.32 Å². The first-order valence-electron chi connectivity index (χ1n) is 6.32. The Bertz CT molecular complexity index is 603. The summed E-state index contributed by atoms with van der Waals surface area (Å²) in [6.07, 6.45) is -0.0271. The van der Waals surface area contributed by atoms with Crippen LogP contribution in [0.15, 0.2) is 29.2 Å². The van der Waals surface area contributed by atoms with Crippen LogP contribution in [-0.2, 0) is 14.6 Å². The van der Waals surface area contributed by atoms with Crippen LogP contribution in [0.5, 0.6) is 0 Å². The highest BCUT2D eigenvalue weighted by atomic mass is 32.2. The standard InChI is InChI=1S/C13H18F2N2O3S/c1-8(2)9(16)7-12(18)17-10-5-3-4-6-11(10)21(19,20)13(14)15/h3-6,8-9,13H,7,16H2,1-2H3,(H,17,18). The second kappa shape index (κ2) is 6.95. The summed E-state index contributed by atoms with van der Waals surface area (Å²) in [6.45, 7) is 3.68. The summed E-state index contributed by atoms with van der Waals surface area (Å²) in [4.78, 5) is 11.2. The van der Waals surface area contributed by atoms with E-state index in [1.54, 1.807) is 0 Å². The molecule has 0 saturated carbocycles. The van der Waals surface area contributed by atoms with Crippen molar-refractivity contribution in [2.45, 2.75) is 37.0 Å². The maximum atomic E-state index is 12.6. The summed E-state index contributed by atoms with van der Waals surface area (Å²) < 4.78 is 48.3. The zero-order valence-electron chi connectivity index (χ0n) is 11.7. The molecule has 21 heavy (non-hydrogen) atoms. The number of benzene rings is 1. The molecule has 1 aromatic rings. The van der Waals surface area contributed by atoms with Crippen molar-refractivity contribution in [3.8, 4) is 0 Å². The van der Waals surface area contributed by atoms with E-state index in [0.29, 0.717) is 0 Å². The number of nitrogens with one attached hydrogen (secondary N) is 1. The molecule has 0 bridgehead atoms. The SMILES string of the molecule is CC(C)C(N)CC(=O)Nc1ccccc1S(=O)(=O)C(F)F. The molecule has 0 fully saturated rings. The number of rotatable bonds is 6. The van der Waals surface area contributed by atoms with Gasteiger partial charge < -0.3 is 11.1 Å². The smallest absolute Gasteiger partial charge is 0.327 e. The molecule has 5 nitrogen and oxygen atoms in total. The largest absolute Gasteiger partial charge is 0.341 e. The average molecular weight is 320 g/mol. The van der Waals surface area contributed by atoms with E-state index in [9.17, 15) is 22.0 Å². The minimum absolute atomic E-state index is 0.0271. The van der Waals surface area contributed by atoms with E-state index in [1.807, 2.05) is 13.8 Å². The number of hydrogen-bond acceptors (Lipinski definition) is 4. The topological polar surface area (TPSA) is 89.3 Å². The van der Waals surface area contributed by atoms with Gasteiger partial charge in [-0.25, -0.2) is 8.42 Å². The van der Waals surface area contributed by atoms with E-state index >= 15 is 0 Å². The number of hydrogen-bond donors (Lipinski definition) is 2. The summed E-state index contributed by atoms with van der Waals surface area (Å²) in [5.74, 6) is -4.00. The van der Waals surface area contributed by atoms with Crippen molar-refractivity contribution in [3.05, 3.63) is 24.3 Å². The number of halogens is 2. The highest BCUT2D eigenvalue weighted by Crippen LogP contribution is 2.26. The van der Waals surface area contributed by atoms with Crippen molar-refractivity contribution >= 4 is 21.4 Å². The fraction of sp³-hybridized carbons (Fsp3) is 0.462. The van der Waals surface area contributed by atoms with Gasteiger partial charge in [-0.3, -0.25) is 4.79 Å². The Labute approximate surface area is 122 Å². The highest BCUT2D eigenvalue weighted by Gasteiger charge is 2.29. The first kappa shape index (κ1) is 17.5. The normalized spacial score (nSPS) is 13.5. The third-order valence-electron chi connectivity index (χ3n) is 2.98. The van der Waals surface area contributed by atoms with Gasteiger partial charge in [0.05, 0.1) is 10.6 Å². The van der Waals surface area contributed by atoms with Gasteiger partial charge in [-0.1, -0.05) is 26.0 Å². The Morgan fingerprint density at radius 1 is 1.29 bits per heavy atom. The van der Waals surface area contributed by atoms with E-state index in [0.717, 1.165) is 6.07 Å². The lowest BCUT2D eigenvalue weighted by Gasteiger charge is -2.16. The molecule has 0 radical (unpaired) electrons. The molecule has 0 aliphatic rings. The minimum atomic E-state index is -4.78. The van der Waals surface area contributed by atoms with Crippen molar-refractivity contribution in [1.82, 2.24) is 0 Å². The van der Waals surface area contributed by atoms with Gasteiger partial charge in [-0.05, 0) is 18.1 Å². The van der Waals surface area contributed by atoms with Crippen LogP contribution in [0.1, 0.15) is 20.3 Å². The maximum absolute atomic E-state index is 12.6. The molecule has 1 rings (SSSR count). The monoisotopic (exact) mass is 320 g/mol. The fourth-order valence-electron chi connectivity index (χ4n) is 1.57. The Kier molecular flexibility index (Phi) is 5.79. The second-order valence-corrected chi connectivity index (χ2v) is 6.85. The van der Waals surface area contributed by atoms with Gasteiger partial charge in [0.25, 0.3) is 0 Å². The number of alkyl halides is 2. The number of carbonyl (C=O) groups excluding carboxylic acids is 1. The van der Waals surface area contributed by atoms with Crippen LogP contribution in [0, 0.1) is 5.92 Å². The van der Waals surface area contributed by atoms with Gasteiger partial charge in [0.1, 0.15) is 0 Å². The molecule has 3 N–H and O–H groups in total. The molecule has 0 aliphatic heterocycles. The van der Waals surface area contributed by atoms with Gasteiger partial charge in [-0.15, -0.1) is 0 Å². The summed E-state index contributed by atoms with van der Waals surface area (Å²) in [5, 5.41) is 2.33. The van der Waals surface area contributed by atoms with Crippen LogP contribution in [0.2, 0.25) is 0 Å². The number of anilines is 1. The number of para-hydroxylation sites is 1. The number of amides is 1. The zero-order valence-corrected chi connectivity index (χ0v) is 12.5. The molecule has 0 saturated heterocycles. The van der Waals surface area contributed by atoms with Crippen molar-refractivity contribution < 1.29 is 22.0 Å². The molecule has 1 aromatic carbocycles. The molecule has 0 heterocycles. The van der Waals surface area contributed by atoms with Gasteiger partial charge in [0, 0.05) is 12.5 Å². The fourth-order valence-corrected chi connectivity index (χ4v) is 2.45. The molecule has 1 atom stereocenters. The summed E-state index contributed by atoms with van der Waals surface area (Å²) in [6, 6.07) is 4.64. The van der Waals surface area contributed by atoms with Crippen molar-refractivity contribution in [2.24, 2.45) is 11.7 Å². The molecular weight excluding hydrogens is 302 g/mol. The Balaban J connectivity index is 2.98. The molecule has 1 amide bonds. The summed E-state index contributed by atoms with van der Waals surface area (Å²) >= 11 is 0. The van der Waals surface area contributed by atoms with Crippen LogP contribution in [0.25, 0.3) is 0 Å². The summed E-state index contributed by atoms with van der Waals surface area (Å²) in [7, 11) is -4.78. The zero-order chi connectivity index (χ0) is 16.2. The lowest BCUT2D eigenvalue weighted by Crippen LogP contribution is -2.31. The first-order chi connectivity index (χ1) is 9.66. The quantitative estimate of drug-likeness (QED) is 0.839. The molecule has 118 valence electrons. The number of nitrogens with two attached hydrogens (primary N) is 1. The van der Waals surface area contributed by atoms with Crippen LogP contribution >= 0.6 is 0 Å². The van der Waals surface area contributed by atoms with Crippen LogP contribution in [0.4, 0.5) is 14.5 Å². The van der Waals surface area contributed by atoms with Crippen molar-refractivity contribution in [2.75, 3.05) is 5.32 Å². The molecule has 0 aromatic heterocycles. The lowest BCUT2D eigenvalue weighted by atomic mass is 10.0. The van der Waals surface area contributed by atoms with Gasteiger partial charge in [-0.2, -0.15) is 8.78 Å². The number of sulfone groups is 1. The molecular formula is C13H18F2N2O3S. The maximum Gasteiger partial charge on any atom is 0.341 e. The van der Waals surface area contributed by atoms with E-state index in [4.69, 9.17) is 5.73 Å². The Morgan fingerprint density at radius 2 is 1.86 bits per heavy atom. The second-order valence-electron chi connectivity index (χ2n) is 4.96. The highest BCUT2D eigenvalue weighted by molar-refractivity contribution is 7.91. The van der Waals surface area contributed by atoms with E-state index < -0.39 is 32.4 Å². The van der Waals surface area contributed by atoms with Crippen LogP contribution in [0.3, 0.4) is 0 Å². The van der Waals surface area contributed by atoms with E-state index in [1.165, 1.54) is 18.2 Å². The average Bonchev–Trinajstić information content (AvgIpc) is 2.38. The predicted octanol–water partition coefficient (Wildman–Crippen LogP) is 1.99. The van der Waals surface area contributed by atoms with E-state index in [-0.39, 0.29) is 18.0 Å². The lowest BCUT2D eigenvalue weighted by molar-refractivity contribution is -0.116. The first-order valence-corrected chi connectivity index (χ1v) is 7.87. The molecule has 1 unspecified atom stereocenters. The van der Waals surface area contributed by atoms with Crippen molar-refractivity contribution in [1.29, 1.82) is 0 Å². The third kappa shape index (κ3) is 4.47. The van der Waals surface area contributed by atoms with Crippen LogP contribution in [-0.4, -0.2) is 26.1 Å². The third-order valence-corrected chi connectivity index (χ3v) is 4.42. The van der Waals surface area contributed by atoms with Gasteiger partial charge in [0.2, 0.25) is 15.7 Å². The van der Waals surface area contributed by atoms with Gasteiger partial charge in [0.15, 0.2) is 0 Å². The molecule has 0 aliphatic carbocycles. The Morgan fingerprint density at radius 3 is 2.38 bits per heavy atom. The molecule has 0 spiro atoms. The predicted molar refractivity (Wildman–Crippen MR) is 75.7 cm³/mol. The summed E-state index contributed by atoms with van der Waals surface area (Å²) in [5.41, 5.74) is 5.58. The number of carbonyl (C=O) groups is 1. The molecule has 8 heteroatoms. The van der Waals surface area contributed by atoms with Gasteiger partial charge >= 0.3 is 5.76 Å². The Hall–Kier alpha value is -1.54. The minimum Gasteiger partial charge on any atom is -0.327 e. The van der Waals surface area contributed by atoms with Crippen molar-refractivity contribution in [3.63, 3.8) is 0 Å².